The highest BCUT2D eigenvalue weighted by Gasteiger charge is 2.02. The lowest BCUT2D eigenvalue weighted by atomic mass is 10.1. The molecule has 2 rings (SSSR count). The Balaban J connectivity index is 1.62. The van der Waals surface area contributed by atoms with Crippen molar-refractivity contribution < 1.29 is 9.47 Å². The predicted octanol–water partition coefficient (Wildman–Crippen LogP) is 2.87. The number of nitrogens with one attached hydrogen (secondary N) is 2. The van der Waals surface area contributed by atoms with Gasteiger partial charge in [-0.05, 0) is 36.6 Å². The van der Waals surface area contributed by atoms with Crippen LogP contribution in [-0.2, 0) is 6.42 Å². The maximum atomic E-state index is 5.67. The van der Waals surface area contributed by atoms with Gasteiger partial charge in [0.2, 0.25) is 0 Å². The lowest BCUT2D eigenvalue weighted by molar-refractivity contribution is 0.311. The van der Waals surface area contributed by atoms with Crippen molar-refractivity contribution in [3.05, 3.63) is 60.2 Å². The summed E-state index contributed by atoms with van der Waals surface area (Å²) >= 11 is 0. The summed E-state index contributed by atoms with van der Waals surface area (Å²) < 4.78 is 11.0. The average Bonchev–Trinajstić information content (AvgIpc) is 2.67. The second kappa shape index (κ2) is 11.0. The highest BCUT2D eigenvalue weighted by molar-refractivity contribution is 5.79. The summed E-state index contributed by atoms with van der Waals surface area (Å²) in [5.41, 5.74) is 1.18. The standard InChI is InChI=1S/C20H27N3O2/c1-21-20(22-14-8-16-25-18-10-4-3-5-11-18)23-15-13-17-9-6-7-12-19(17)24-2/h3-7,9-12H,8,13-16H2,1-2H3,(H2,21,22,23). The lowest BCUT2D eigenvalue weighted by Crippen LogP contribution is -2.39. The number of guanidine groups is 1. The Hall–Kier alpha value is -2.69. The molecule has 0 aliphatic heterocycles. The summed E-state index contributed by atoms with van der Waals surface area (Å²) in [5, 5.41) is 6.62. The number of ether oxygens (including phenoxy) is 2. The molecule has 0 amide bonds. The van der Waals surface area contributed by atoms with E-state index in [2.05, 4.69) is 21.7 Å². The fourth-order valence-electron chi connectivity index (χ4n) is 2.43. The Bertz CT molecular complexity index is 644. The van der Waals surface area contributed by atoms with Gasteiger partial charge >= 0.3 is 0 Å². The molecular weight excluding hydrogens is 314 g/mol. The minimum absolute atomic E-state index is 0.676. The normalized spacial score (nSPS) is 11.0. The molecule has 25 heavy (non-hydrogen) atoms. The van der Waals surface area contributed by atoms with E-state index in [1.165, 1.54) is 5.56 Å². The number of aliphatic imine (C=N–C) groups is 1. The van der Waals surface area contributed by atoms with Gasteiger partial charge in [0, 0.05) is 20.1 Å². The first kappa shape index (κ1) is 18.6. The molecule has 5 heteroatoms. The van der Waals surface area contributed by atoms with Crippen LogP contribution in [0.3, 0.4) is 0 Å². The predicted molar refractivity (Wildman–Crippen MR) is 103 cm³/mol. The van der Waals surface area contributed by atoms with Gasteiger partial charge in [0.1, 0.15) is 11.5 Å². The quantitative estimate of drug-likeness (QED) is 0.418. The molecule has 0 atom stereocenters. The molecule has 0 spiro atoms. The number of methoxy groups -OCH3 is 1. The Labute approximate surface area is 150 Å². The number of nitrogens with zero attached hydrogens (tertiary/aromatic N) is 1. The Morgan fingerprint density at radius 2 is 1.68 bits per heavy atom. The molecule has 0 aliphatic rings. The summed E-state index contributed by atoms with van der Waals surface area (Å²) in [6.07, 6.45) is 1.78. The average molecular weight is 341 g/mol. The maximum absolute atomic E-state index is 5.67. The minimum Gasteiger partial charge on any atom is -0.496 e. The summed E-state index contributed by atoms with van der Waals surface area (Å²) in [6, 6.07) is 17.9. The Morgan fingerprint density at radius 1 is 0.960 bits per heavy atom. The van der Waals surface area contributed by atoms with Crippen molar-refractivity contribution in [2.24, 2.45) is 4.99 Å². The van der Waals surface area contributed by atoms with E-state index >= 15 is 0 Å². The van der Waals surface area contributed by atoms with Gasteiger partial charge in [-0.25, -0.2) is 0 Å². The summed E-state index contributed by atoms with van der Waals surface area (Å²) in [6.45, 7) is 2.27. The molecule has 0 aromatic heterocycles. The van der Waals surface area contributed by atoms with E-state index in [4.69, 9.17) is 9.47 Å². The molecule has 0 saturated carbocycles. The molecular formula is C20H27N3O2. The van der Waals surface area contributed by atoms with Gasteiger partial charge < -0.3 is 20.1 Å². The van der Waals surface area contributed by atoms with E-state index in [1.807, 2.05) is 48.5 Å². The van der Waals surface area contributed by atoms with Gasteiger partial charge in [-0.2, -0.15) is 0 Å². The molecule has 134 valence electrons. The molecule has 2 aromatic rings. The molecule has 0 aliphatic carbocycles. The highest BCUT2D eigenvalue weighted by atomic mass is 16.5. The van der Waals surface area contributed by atoms with Crippen molar-refractivity contribution in [1.82, 2.24) is 10.6 Å². The monoisotopic (exact) mass is 341 g/mol. The summed E-state index contributed by atoms with van der Waals surface area (Å²) in [4.78, 5) is 4.24. The zero-order valence-corrected chi connectivity index (χ0v) is 15.0. The van der Waals surface area contributed by atoms with Gasteiger partial charge in [0.05, 0.1) is 13.7 Å². The molecule has 0 heterocycles. The molecule has 0 saturated heterocycles. The van der Waals surface area contributed by atoms with E-state index in [1.54, 1.807) is 14.2 Å². The van der Waals surface area contributed by atoms with Crippen molar-refractivity contribution in [3.63, 3.8) is 0 Å². The SMILES string of the molecule is CN=C(NCCCOc1ccccc1)NCCc1ccccc1OC. The van der Waals surface area contributed by atoms with Gasteiger partial charge in [0.15, 0.2) is 5.96 Å². The molecule has 2 N–H and O–H groups in total. The van der Waals surface area contributed by atoms with Gasteiger partial charge in [-0.1, -0.05) is 36.4 Å². The second-order valence-electron chi connectivity index (χ2n) is 5.50. The van der Waals surface area contributed by atoms with E-state index in [0.717, 1.165) is 43.4 Å². The van der Waals surface area contributed by atoms with Crippen LogP contribution in [0.25, 0.3) is 0 Å². The zero-order chi connectivity index (χ0) is 17.7. The van der Waals surface area contributed by atoms with Crippen LogP contribution in [0.2, 0.25) is 0 Å². The van der Waals surface area contributed by atoms with Crippen molar-refractivity contribution >= 4 is 5.96 Å². The van der Waals surface area contributed by atoms with Crippen LogP contribution in [0.4, 0.5) is 0 Å². The molecule has 0 unspecified atom stereocenters. The van der Waals surface area contributed by atoms with Crippen LogP contribution < -0.4 is 20.1 Å². The van der Waals surface area contributed by atoms with Crippen LogP contribution >= 0.6 is 0 Å². The molecule has 2 aromatic carbocycles. The first-order valence-corrected chi connectivity index (χ1v) is 8.57. The first-order valence-electron chi connectivity index (χ1n) is 8.57. The number of hydrogen-bond donors (Lipinski definition) is 2. The van der Waals surface area contributed by atoms with Crippen molar-refractivity contribution in [3.8, 4) is 11.5 Å². The van der Waals surface area contributed by atoms with Crippen LogP contribution in [-0.4, -0.2) is 39.8 Å². The van der Waals surface area contributed by atoms with E-state index < -0.39 is 0 Å². The molecule has 0 fully saturated rings. The largest absolute Gasteiger partial charge is 0.496 e. The molecule has 5 nitrogen and oxygen atoms in total. The third kappa shape index (κ3) is 6.75. The van der Waals surface area contributed by atoms with Gasteiger partial charge in [-0.15, -0.1) is 0 Å². The van der Waals surface area contributed by atoms with Crippen molar-refractivity contribution in [2.45, 2.75) is 12.8 Å². The van der Waals surface area contributed by atoms with Gasteiger partial charge in [-0.3, -0.25) is 4.99 Å². The van der Waals surface area contributed by atoms with Crippen LogP contribution in [0.15, 0.2) is 59.6 Å². The molecule has 0 radical (unpaired) electrons. The number of hydrogen-bond acceptors (Lipinski definition) is 3. The van der Waals surface area contributed by atoms with Crippen LogP contribution in [0, 0.1) is 0 Å². The Morgan fingerprint density at radius 3 is 2.44 bits per heavy atom. The van der Waals surface area contributed by atoms with E-state index in [9.17, 15) is 0 Å². The zero-order valence-electron chi connectivity index (χ0n) is 15.0. The fourth-order valence-corrected chi connectivity index (χ4v) is 2.43. The van der Waals surface area contributed by atoms with E-state index in [-0.39, 0.29) is 0 Å². The topological polar surface area (TPSA) is 54.9 Å². The smallest absolute Gasteiger partial charge is 0.190 e. The second-order valence-corrected chi connectivity index (χ2v) is 5.50. The summed E-state index contributed by atoms with van der Waals surface area (Å²) in [7, 11) is 3.48. The van der Waals surface area contributed by atoms with Crippen LogP contribution in [0.5, 0.6) is 11.5 Å². The first-order chi connectivity index (χ1) is 12.3. The lowest BCUT2D eigenvalue weighted by Gasteiger charge is -2.13. The summed E-state index contributed by atoms with van der Waals surface area (Å²) in [5.74, 6) is 2.63. The van der Waals surface area contributed by atoms with Gasteiger partial charge in [0.25, 0.3) is 0 Å². The number of rotatable bonds is 9. The Kier molecular flexibility index (Phi) is 8.18. The maximum Gasteiger partial charge on any atom is 0.190 e. The fraction of sp³-hybridized carbons (Fsp3) is 0.350. The van der Waals surface area contributed by atoms with Crippen LogP contribution in [0.1, 0.15) is 12.0 Å². The third-order valence-corrected chi connectivity index (χ3v) is 3.73. The third-order valence-electron chi connectivity index (χ3n) is 3.73. The molecule has 0 bridgehead atoms. The van der Waals surface area contributed by atoms with Crippen molar-refractivity contribution in [2.75, 3.05) is 33.9 Å². The minimum atomic E-state index is 0.676. The number of benzene rings is 2. The van der Waals surface area contributed by atoms with E-state index in [0.29, 0.717) is 6.61 Å². The number of para-hydroxylation sites is 2. The van der Waals surface area contributed by atoms with Crippen molar-refractivity contribution in [1.29, 1.82) is 0 Å². The highest BCUT2D eigenvalue weighted by Crippen LogP contribution is 2.17.